The van der Waals surface area contributed by atoms with Gasteiger partial charge in [0.15, 0.2) is 0 Å². The number of aryl methyl sites for hydroxylation is 1. The second-order valence-corrected chi connectivity index (χ2v) is 4.30. The largest absolute Gasteiger partial charge is 0.384 e. The Morgan fingerprint density at radius 2 is 1.94 bits per heavy atom. The van der Waals surface area contributed by atoms with Crippen molar-refractivity contribution in [1.29, 1.82) is 0 Å². The van der Waals surface area contributed by atoms with Gasteiger partial charge in [0.25, 0.3) is 0 Å². The first-order chi connectivity index (χ1) is 7.52. The summed E-state index contributed by atoms with van der Waals surface area (Å²) in [4.78, 5) is 0. The molecule has 0 saturated heterocycles. The van der Waals surface area contributed by atoms with Gasteiger partial charge in [0.2, 0.25) is 0 Å². The number of anilines is 1. The predicted octanol–water partition coefficient (Wildman–Crippen LogP) is 2.94. The van der Waals surface area contributed by atoms with Crippen molar-refractivity contribution < 1.29 is 0 Å². The van der Waals surface area contributed by atoms with Gasteiger partial charge >= 0.3 is 0 Å². The Labute approximate surface area is 99.8 Å². The molecule has 0 atom stereocenters. The summed E-state index contributed by atoms with van der Waals surface area (Å²) in [5.74, 6) is 0.689. The fourth-order valence-electron chi connectivity index (χ4n) is 1.76. The minimum absolute atomic E-state index is 0.689. The van der Waals surface area contributed by atoms with E-state index in [0.29, 0.717) is 5.82 Å². The number of hydrogen-bond acceptors (Lipinski definition) is 2. The summed E-state index contributed by atoms with van der Waals surface area (Å²) in [6.45, 7) is 3.96. The number of rotatable bonds is 1. The maximum atomic E-state index is 6.10. The van der Waals surface area contributed by atoms with Gasteiger partial charge in [-0.1, -0.05) is 23.7 Å². The summed E-state index contributed by atoms with van der Waals surface area (Å²) in [5, 5.41) is 5.17. The highest BCUT2D eigenvalue weighted by atomic mass is 35.5. The number of nitrogen functional groups attached to an aromatic ring is 1. The molecule has 2 rings (SSSR count). The first-order valence-corrected chi connectivity index (χ1v) is 5.44. The van der Waals surface area contributed by atoms with Gasteiger partial charge in [-0.3, -0.25) is 4.68 Å². The number of benzene rings is 1. The third kappa shape index (κ3) is 1.57. The van der Waals surface area contributed by atoms with Gasteiger partial charge in [-0.25, -0.2) is 0 Å². The number of nitrogens with zero attached hydrogens (tertiary/aromatic N) is 2. The zero-order chi connectivity index (χ0) is 11.9. The van der Waals surface area contributed by atoms with Crippen LogP contribution in [-0.4, -0.2) is 9.78 Å². The molecule has 0 aliphatic carbocycles. The van der Waals surface area contributed by atoms with Crippen LogP contribution in [0.3, 0.4) is 0 Å². The molecule has 16 heavy (non-hydrogen) atoms. The van der Waals surface area contributed by atoms with Gasteiger partial charge < -0.3 is 5.73 Å². The van der Waals surface area contributed by atoms with E-state index in [1.165, 1.54) is 0 Å². The van der Waals surface area contributed by atoms with Gasteiger partial charge in [0.1, 0.15) is 5.82 Å². The first-order valence-electron chi connectivity index (χ1n) is 5.07. The molecule has 1 aromatic heterocycles. The Balaban J connectivity index is 2.68. The van der Waals surface area contributed by atoms with E-state index in [4.69, 9.17) is 17.3 Å². The van der Waals surface area contributed by atoms with Crippen molar-refractivity contribution in [2.45, 2.75) is 13.8 Å². The van der Waals surface area contributed by atoms with E-state index < -0.39 is 0 Å². The summed E-state index contributed by atoms with van der Waals surface area (Å²) >= 11 is 6.10. The van der Waals surface area contributed by atoms with Crippen molar-refractivity contribution in [3.05, 3.63) is 34.3 Å². The molecule has 0 unspecified atom stereocenters. The number of aromatic nitrogens is 2. The standard InChI is InChI=1S/C12H14ClN3/c1-7-9(5-4-6-10(7)13)11-8(2)12(14)16(3)15-11/h4-6H,14H2,1-3H3. The van der Waals surface area contributed by atoms with Crippen LogP contribution >= 0.6 is 11.6 Å². The molecular formula is C12H14ClN3. The summed E-state index contributed by atoms with van der Waals surface area (Å²) in [7, 11) is 1.84. The highest BCUT2D eigenvalue weighted by Crippen LogP contribution is 2.31. The first kappa shape index (κ1) is 11.0. The molecule has 0 amide bonds. The molecule has 2 aromatic rings. The molecule has 0 spiro atoms. The molecule has 1 heterocycles. The van der Waals surface area contributed by atoms with E-state index in [1.54, 1.807) is 4.68 Å². The van der Waals surface area contributed by atoms with Crippen LogP contribution in [0.2, 0.25) is 5.02 Å². The molecule has 0 aliphatic rings. The minimum atomic E-state index is 0.689. The van der Waals surface area contributed by atoms with Crippen LogP contribution in [0.15, 0.2) is 18.2 Å². The highest BCUT2D eigenvalue weighted by Gasteiger charge is 2.14. The Morgan fingerprint density at radius 1 is 1.25 bits per heavy atom. The maximum absolute atomic E-state index is 6.10. The molecule has 1 aromatic carbocycles. The predicted molar refractivity (Wildman–Crippen MR) is 67.5 cm³/mol. The molecule has 4 heteroatoms. The lowest BCUT2D eigenvalue weighted by atomic mass is 10.0. The van der Waals surface area contributed by atoms with Gasteiger partial charge in [0, 0.05) is 23.2 Å². The van der Waals surface area contributed by atoms with Crippen LogP contribution in [0.5, 0.6) is 0 Å². The zero-order valence-corrected chi connectivity index (χ0v) is 10.3. The molecule has 0 aliphatic heterocycles. The van der Waals surface area contributed by atoms with Gasteiger partial charge in [0.05, 0.1) is 5.69 Å². The van der Waals surface area contributed by atoms with Crippen LogP contribution in [0.1, 0.15) is 11.1 Å². The van der Waals surface area contributed by atoms with E-state index in [9.17, 15) is 0 Å². The van der Waals surface area contributed by atoms with Crippen molar-refractivity contribution in [2.75, 3.05) is 5.73 Å². The lowest BCUT2D eigenvalue weighted by Gasteiger charge is -2.05. The Bertz CT molecular complexity index is 543. The summed E-state index contributed by atoms with van der Waals surface area (Å²) < 4.78 is 1.69. The molecular weight excluding hydrogens is 222 g/mol. The van der Waals surface area contributed by atoms with E-state index in [-0.39, 0.29) is 0 Å². The highest BCUT2D eigenvalue weighted by molar-refractivity contribution is 6.31. The Morgan fingerprint density at radius 3 is 2.50 bits per heavy atom. The normalized spacial score (nSPS) is 10.8. The smallest absolute Gasteiger partial charge is 0.124 e. The van der Waals surface area contributed by atoms with E-state index in [0.717, 1.165) is 27.4 Å². The average Bonchev–Trinajstić information content (AvgIpc) is 2.50. The third-order valence-electron chi connectivity index (χ3n) is 2.86. The molecule has 84 valence electrons. The van der Waals surface area contributed by atoms with Crippen LogP contribution < -0.4 is 5.73 Å². The lowest BCUT2D eigenvalue weighted by molar-refractivity contribution is 0.782. The van der Waals surface area contributed by atoms with Crippen molar-refractivity contribution in [3.63, 3.8) is 0 Å². The van der Waals surface area contributed by atoms with Gasteiger partial charge in [-0.15, -0.1) is 0 Å². The fraction of sp³-hybridized carbons (Fsp3) is 0.250. The van der Waals surface area contributed by atoms with Crippen molar-refractivity contribution in [3.8, 4) is 11.3 Å². The molecule has 0 fully saturated rings. The fourth-order valence-corrected chi connectivity index (χ4v) is 1.94. The summed E-state index contributed by atoms with van der Waals surface area (Å²) in [6.07, 6.45) is 0. The minimum Gasteiger partial charge on any atom is -0.384 e. The van der Waals surface area contributed by atoms with E-state index in [1.807, 2.05) is 39.1 Å². The molecule has 0 radical (unpaired) electrons. The molecule has 0 bridgehead atoms. The third-order valence-corrected chi connectivity index (χ3v) is 3.27. The van der Waals surface area contributed by atoms with Gasteiger partial charge in [-0.2, -0.15) is 5.10 Å². The second-order valence-electron chi connectivity index (χ2n) is 3.89. The van der Waals surface area contributed by atoms with Crippen molar-refractivity contribution in [1.82, 2.24) is 9.78 Å². The van der Waals surface area contributed by atoms with Gasteiger partial charge in [-0.05, 0) is 25.5 Å². The van der Waals surface area contributed by atoms with Crippen molar-refractivity contribution >= 4 is 17.4 Å². The Hall–Kier alpha value is -1.48. The summed E-state index contributed by atoms with van der Waals surface area (Å²) in [5.41, 5.74) is 9.86. The second kappa shape index (κ2) is 3.83. The zero-order valence-electron chi connectivity index (χ0n) is 9.58. The number of halogens is 1. The molecule has 2 N–H and O–H groups in total. The Kier molecular flexibility index (Phi) is 2.64. The molecule has 0 saturated carbocycles. The lowest BCUT2D eigenvalue weighted by Crippen LogP contribution is -1.97. The maximum Gasteiger partial charge on any atom is 0.124 e. The molecule has 3 nitrogen and oxygen atoms in total. The van der Waals surface area contributed by atoms with Crippen LogP contribution in [0, 0.1) is 13.8 Å². The SMILES string of the molecule is Cc1c(Cl)cccc1-c1nn(C)c(N)c1C. The van der Waals surface area contributed by atoms with E-state index >= 15 is 0 Å². The topological polar surface area (TPSA) is 43.8 Å². The quantitative estimate of drug-likeness (QED) is 0.826. The van der Waals surface area contributed by atoms with Crippen LogP contribution in [-0.2, 0) is 7.05 Å². The van der Waals surface area contributed by atoms with Crippen LogP contribution in [0.25, 0.3) is 11.3 Å². The van der Waals surface area contributed by atoms with E-state index in [2.05, 4.69) is 5.10 Å². The van der Waals surface area contributed by atoms with Crippen molar-refractivity contribution in [2.24, 2.45) is 7.05 Å². The average molecular weight is 236 g/mol. The number of hydrogen-bond donors (Lipinski definition) is 1. The summed E-state index contributed by atoms with van der Waals surface area (Å²) in [6, 6.07) is 5.81. The van der Waals surface area contributed by atoms with Crippen LogP contribution in [0.4, 0.5) is 5.82 Å². The monoisotopic (exact) mass is 235 g/mol. The number of nitrogens with two attached hydrogens (primary N) is 1.